The van der Waals surface area contributed by atoms with Gasteiger partial charge in [-0.2, -0.15) is 0 Å². The maximum Gasteiger partial charge on any atom is 0.252 e. The van der Waals surface area contributed by atoms with Gasteiger partial charge in [-0.25, -0.2) is 0 Å². The quantitative estimate of drug-likeness (QED) is 0.633. The van der Waals surface area contributed by atoms with Crippen molar-refractivity contribution in [2.45, 2.75) is 57.4 Å². The van der Waals surface area contributed by atoms with Crippen LogP contribution >= 0.6 is 0 Å². The van der Waals surface area contributed by atoms with E-state index in [1.165, 1.54) is 25.7 Å². The van der Waals surface area contributed by atoms with E-state index in [0.29, 0.717) is 12.0 Å². The van der Waals surface area contributed by atoms with Crippen molar-refractivity contribution in [2.24, 2.45) is 0 Å². The molecule has 0 radical (unpaired) electrons. The van der Waals surface area contributed by atoms with Gasteiger partial charge in [0.25, 0.3) is 5.91 Å². The first-order valence-corrected chi connectivity index (χ1v) is 8.30. The average Bonchev–Trinajstić information content (AvgIpc) is 2.55. The van der Waals surface area contributed by atoms with Gasteiger partial charge in [-0.1, -0.05) is 49.6 Å². The fourth-order valence-corrected chi connectivity index (χ4v) is 2.82. The number of carbonyl (C=O) groups is 2. The van der Waals surface area contributed by atoms with Crippen LogP contribution in [-0.2, 0) is 11.2 Å². The standard InChI is InChI=1S/C19H25NO2/c21-15-17-13-8-6-4-2-1-3-5-7-11-16-12-9-10-14-18(16)19(22)20-17/h6,8-10,12,14-15,17H,1-5,7,11,13H2,(H,20,22)/b8-6+/t17-/m0/s1. The van der Waals surface area contributed by atoms with Gasteiger partial charge in [-0.15, -0.1) is 0 Å². The Morgan fingerprint density at radius 2 is 1.77 bits per heavy atom. The number of hydrogen-bond donors (Lipinski definition) is 1. The highest BCUT2D eigenvalue weighted by molar-refractivity contribution is 5.97. The van der Waals surface area contributed by atoms with Crippen LogP contribution in [0, 0.1) is 0 Å². The van der Waals surface area contributed by atoms with Gasteiger partial charge >= 0.3 is 0 Å². The fraction of sp³-hybridized carbons (Fsp3) is 0.474. The monoisotopic (exact) mass is 299 g/mol. The highest BCUT2D eigenvalue weighted by atomic mass is 16.2. The van der Waals surface area contributed by atoms with Crippen molar-refractivity contribution in [1.29, 1.82) is 0 Å². The zero-order valence-corrected chi connectivity index (χ0v) is 13.1. The molecule has 1 aromatic rings. The van der Waals surface area contributed by atoms with Gasteiger partial charge in [-0.3, -0.25) is 4.79 Å². The molecule has 1 aliphatic heterocycles. The molecule has 3 nitrogen and oxygen atoms in total. The Bertz CT molecular complexity index is 522. The molecule has 3 heteroatoms. The second-order valence-corrected chi connectivity index (χ2v) is 5.89. The summed E-state index contributed by atoms with van der Waals surface area (Å²) in [5, 5.41) is 2.83. The van der Waals surface area contributed by atoms with Gasteiger partial charge in [0.15, 0.2) is 0 Å². The van der Waals surface area contributed by atoms with Crippen LogP contribution in [-0.4, -0.2) is 18.2 Å². The summed E-state index contributed by atoms with van der Waals surface area (Å²) in [6.07, 6.45) is 13.5. The van der Waals surface area contributed by atoms with E-state index in [4.69, 9.17) is 0 Å². The van der Waals surface area contributed by atoms with Crippen molar-refractivity contribution in [3.05, 3.63) is 47.5 Å². The van der Waals surface area contributed by atoms with Crippen LogP contribution in [0.1, 0.15) is 60.9 Å². The van der Waals surface area contributed by atoms with E-state index in [1.54, 1.807) is 0 Å². The highest BCUT2D eigenvalue weighted by Gasteiger charge is 2.14. The van der Waals surface area contributed by atoms with E-state index in [0.717, 1.165) is 31.1 Å². The van der Waals surface area contributed by atoms with E-state index in [2.05, 4.69) is 11.4 Å². The number of fused-ring (bicyclic) bond motifs is 1. The van der Waals surface area contributed by atoms with E-state index in [-0.39, 0.29) is 5.91 Å². The summed E-state index contributed by atoms with van der Waals surface area (Å²) in [5.74, 6) is -0.143. The van der Waals surface area contributed by atoms with Crippen molar-refractivity contribution >= 4 is 12.2 Å². The molecule has 118 valence electrons. The van der Waals surface area contributed by atoms with Crippen LogP contribution in [0.3, 0.4) is 0 Å². The predicted molar refractivity (Wildman–Crippen MR) is 88.9 cm³/mol. The topological polar surface area (TPSA) is 46.2 Å². The largest absolute Gasteiger partial charge is 0.342 e. The molecule has 0 saturated carbocycles. The molecule has 0 saturated heterocycles. The molecule has 0 fully saturated rings. The normalized spacial score (nSPS) is 22.5. The minimum Gasteiger partial charge on any atom is -0.342 e. The van der Waals surface area contributed by atoms with Gasteiger partial charge in [0.05, 0.1) is 6.04 Å². The van der Waals surface area contributed by atoms with Crippen molar-refractivity contribution < 1.29 is 9.59 Å². The van der Waals surface area contributed by atoms with E-state index >= 15 is 0 Å². The fourth-order valence-electron chi connectivity index (χ4n) is 2.82. The Morgan fingerprint density at radius 1 is 1.00 bits per heavy atom. The summed E-state index contributed by atoms with van der Waals surface area (Å²) in [5.41, 5.74) is 1.78. The van der Waals surface area contributed by atoms with Gasteiger partial charge in [0.2, 0.25) is 0 Å². The SMILES string of the molecule is O=C[C@@H]1C/C=C/CCCCCCCc2ccccc2C(=O)N1. The molecular formula is C19H25NO2. The molecular weight excluding hydrogens is 274 g/mol. The number of hydrogen-bond acceptors (Lipinski definition) is 2. The third-order valence-corrected chi connectivity index (χ3v) is 4.12. The Kier molecular flexibility index (Phi) is 6.88. The molecule has 1 atom stereocenters. The maximum absolute atomic E-state index is 12.4. The van der Waals surface area contributed by atoms with Crippen LogP contribution in [0.15, 0.2) is 36.4 Å². The molecule has 1 heterocycles. The van der Waals surface area contributed by atoms with Crippen molar-refractivity contribution in [3.8, 4) is 0 Å². The Labute approximate surface area is 132 Å². The smallest absolute Gasteiger partial charge is 0.252 e. The second kappa shape index (κ2) is 9.19. The van der Waals surface area contributed by atoms with Crippen LogP contribution in [0.5, 0.6) is 0 Å². The molecule has 1 aromatic carbocycles. The summed E-state index contributed by atoms with van der Waals surface area (Å²) in [7, 11) is 0. The molecule has 0 aliphatic carbocycles. The Morgan fingerprint density at radius 3 is 2.64 bits per heavy atom. The van der Waals surface area contributed by atoms with Crippen LogP contribution in [0.2, 0.25) is 0 Å². The number of nitrogens with one attached hydrogen (secondary N) is 1. The molecule has 2 rings (SSSR count). The minimum absolute atomic E-state index is 0.143. The summed E-state index contributed by atoms with van der Waals surface area (Å²) in [6.45, 7) is 0. The lowest BCUT2D eigenvalue weighted by atomic mass is 9.99. The molecule has 0 spiro atoms. The third-order valence-electron chi connectivity index (χ3n) is 4.12. The number of allylic oxidation sites excluding steroid dienone is 1. The van der Waals surface area contributed by atoms with Crippen LogP contribution < -0.4 is 5.32 Å². The summed E-state index contributed by atoms with van der Waals surface area (Å²) < 4.78 is 0. The first-order valence-electron chi connectivity index (χ1n) is 8.30. The van der Waals surface area contributed by atoms with Crippen molar-refractivity contribution in [3.63, 3.8) is 0 Å². The van der Waals surface area contributed by atoms with Gasteiger partial charge in [0, 0.05) is 5.56 Å². The molecule has 1 amide bonds. The first kappa shape index (κ1) is 16.5. The summed E-state index contributed by atoms with van der Waals surface area (Å²) in [4.78, 5) is 23.6. The van der Waals surface area contributed by atoms with Crippen LogP contribution in [0.25, 0.3) is 0 Å². The highest BCUT2D eigenvalue weighted by Crippen LogP contribution is 2.15. The number of benzene rings is 1. The molecule has 1 aliphatic rings. The van der Waals surface area contributed by atoms with Gasteiger partial charge < -0.3 is 10.1 Å². The zero-order chi connectivity index (χ0) is 15.6. The lowest BCUT2D eigenvalue weighted by Gasteiger charge is -2.13. The number of aryl methyl sites for hydroxylation is 1. The number of carbonyl (C=O) groups excluding carboxylic acids is 2. The average molecular weight is 299 g/mol. The van der Waals surface area contributed by atoms with E-state index in [9.17, 15) is 9.59 Å². The van der Waals surface area contributed by atoms with Gasteiger partial charge in [0.1, 0.15) is 6.29 Å². The number of rotatable bonds is 1. The first-order chi connectivity index (χ1) is 10.8. The van der Waals surface area contributed by atoms with Crippen molar-refractivity contribution in [2.75, 3.05) is 0 Å². The molecule has 22 heavy (non-hydrogen) atoms. The third kappa shape index (κ3) is 5.14. The minimum atomic E-state index is -0.443. The lowest BCUT2D eigenvalue weighted by molar-refractivity contribution is -0.109. The van der Waals surface area contributed by atoms with Crippen LogP contribution in [0.4, 0.5) is 0 Å². The molecule has 0 bridgehead atoms. The second-order valence-electron chi connectivity index (χ2n) is 5.89. The van der Waals surface area contributed by atoms with Gasteiger partial charge in [-0.05, 0) is 43.7 Å². The molecule has 1 N–H and O–H groups in total. The molecule has 0 aromatic heterocycles. The Balaban J connectivity index is 2.13. The summed E-state index contributed by atoms with van der Waals surface area (Å²) >= 11 is 0. The lowest BCUT2D eigenvalue weighted by Crippen LogP contribution is -2.36. The summed E-state index contributed by atoms with van der Waals surface area (Å²) in [6, 6.07) is 7.27. The van der Waals surface area contributed by atoms with Crippen molar-refractivity contribution in [1.82, 2.24) is 5.32 Å². The van der Waals surface area contributed by atoms with E-state index in [1.807, 2.05) is 30.3 Å². The number of amides is 1. The number of aldehydes is 1. The zero-order valence-electron chi connectivity index (χ0n) is 13.1. The Hall–Kier alpha value is -1.90. The molecule has 0 unspecified atom stereocenters. The van der Waals surface area contributed by atoms with E-state index < -0.39 is 6.04 Å². The predicted octanol–water partition coefficient (Wildman–Crippen LogP) is 3.83. The maximum atomic E-state index is 12.4.